The van der Waals surface area contributed by atoms with E-state index in [0.717, 1.165) is 17.7 Å². The first kappa shape index (κ1) is 9.19. The van der Waals surface area contributed by atoms with Gasteiger partial charge in [-0.25, -0.2) is 0 Å². The molecule has 0 radical (unpaired) electrons. The lowest BCUT2D eigenvalue weighted by Crippen LogP contribution is -2.45. The molecule has 0 bridgehead atoms. The highest BCUT2D eigenvalue weighted by Gasteiger charge is 2.45. The molecule has 1 aromatic heterocycles. The van der Waals surface area contributed by atoms with Crippen LogP contribution in [0.25, 0.3) is 0 Å². The Morgan fingerprint density at radius 1 is 1.62 bits per heavy atom. The third kappa shape index (κ3) is 1.41. The molecule has 13 heavy (non-hydrogen) atoms. The van der Waals surface area contributed by atoms with Gasteiger partial charge in [-0.15, -0.1) is 11.3 Å². The molecule has 1 fully saturated rings. The van der Waals surface area contributed by atoms with E-state index in [1.165, 1.54) is 5.56 Å². The molecule has 1 aliphatic carbocycles. The van der Waals surface area contributed by atoms with E-state index in [-0.39, 0.29) is 6.10 Å². The number of hydrogen-bond donors (Lipinski definition) is 1. The van der Waals surface area contributed by atoms with Gasteiger partial charge in [-0.2, -0.15) is 0 Å². The summed E-state index contributed by atoms with van der Waals surface area (Å²) in [6.45, 7) is 2.05. The van der Waals surface area contributed by atoms with Crippen LogP contribution in [0.15, 0.2) is 11.4 Å². The summed E-state index contributed by atoms with van der Waals surface area (Å²) in [5.41, 5.74) is 0.598. The topological polar surface area (TPSA) is 29.5 Å². The number of methoxy groups -OCH3 is 1. The van der Waals surface area contributed by atoms with Gasteiger partial charge in [-0.05, 0) is 23.9 Å². The predicted octanol–water partition coefficient (Wildman–Crippen LogP) is 2.05. The molecule has 0 aliphatic heterocycles. The van der Waals surface area contributed by atoms with Gasteiger partial charge < -0.3 is 9.84 Å². The summed E-state index contributed by atoms with van der Waals surface area (Å²) >= 11 is 1.64. The van der Waals surface area contributed by atoms with Crippen LogP contribution in [0, 0.1) is 6.92 Å². The SMILES string of the molecule is COC1CC(O)(c2sccc2C)C1. The molecule has 1 aromatic rings. The molecule has 2 nitrogen and oxygen atoms in total. The molecule has 0 spiro atoms. The Bertz CT molecular complexity index is 300. The molecule has 0 amide bonds. The normalized spacial score (nSPS) is 33.0. The van der Waals surface area contributed by atoms with Crippen molar-refractivity contribution in [2.24, 2.45) is 0 Å². The minimum absolute atomic E-state index is 0.242. The Kier molecular flexibility index (Phi) is 2.18. The van der Waals surface area contributed by atoms with Crippen LogP contribution in [0.4, 0.5) is 0 Å². The number of thiophene rings is 1. The molecule has 0 unspecified atom stereocenters. The van der Waals surface area contributed by atoms with Gasteiger partial charge >= 0.3 is 0 Å². The van der Waals surface area contributed by atoms with E-state index in [1.54, 1.807) is 18.4 Å². The van der Waals surface area contributed by atoms with Crippen molar-refractivity contribution < 1.29 is 9.84 Å². The van der Waals surface area contributed by atoms with Crippen LogP contribution in [-0.4, -0.2) is 18.3 Å². The Morgan fingerprint density at radius 2 is 2.31 bits per heavy atom. The summed E-state index contributed by atoms with van der Waals surface area (Å²) < 4.78 is 5.16. The molecule has 0 saturated heterocycles. The summed E-state index contributed by atoms with van der Waals surface area (Å²) in [5.74, 6) is 0. The summed E-state index contributed by atoms with van der Waals surface area (Å²) in [6, 6.07) is 2.05. The van der Waals surface area contributed by atoms with Crippen LogP contribution in [-0.2, 0) is 10.3 Å². The maximum atomic E-state index is 10.2. The molecule has 0 aromatic carbocycles. The van der Waals surface area contributed by atoms with Gasteiger partial charge in [-0.3, -0.25) is 0 Å². The largest absolute Gasteiger partial charge is 0.384 e. The number of rotatable bonds is 2. The van der Waals surface area contributed by atoms with Gasteiger partial charge in [-0.1, -0.05) is 0 Å². The number of hydrogen-bond acceptors (Lipinski definition) is 3. The second-order valence-electron chi connectivity index (χ2n) is 3.73. The summed E-state index contributed by atoms with van der Waals surface area (Å²) in [6.07, 6.45) is 1.72. The van der Waals surface area contributed by atoms with E-state index in [2.05, 4.69) is 6.07 Å². The first-order valence-corrected chi connectivity index (χ1v) is 5.33. The Morgan fingerprint density at radius 3 is 2.77 bits per heavy atom. The summed E-state index contributed by atoms with van der Waals surface area (Å²) in [5, 5.41) is 12.2. The van der Waals surface area contributed by atoms with E-state index in [4.69, 9.17) is 4.74 Å². The van der Waals surface area contributed by atoms with E-state index in [1.807, 2.05) is 12.3 Å². The van der Waals surface area contributed by atoms with Gasteiger partial charge in [0.2, 0.25) is 0 Å². The molecule has 3 heteroatoms. The van der Waals surface area contributed by atoms with Crippen LogP contribution in [0.2, 0.25) is 0 Å². The maximum absolute atomic E-state index is 10.2. The molecule has 72 valence electrons. The lowest BCUT2D eigenvalue weighted by atomic mass is 9.75. The van der Waals surface area contributed by atoms with Crippen LogP contribution in [0.5, 0.6) is 0 Å². The van der Waals surface area contributed by atoms with Gasteiger partial charge in [0, 0.05) is 24.8 Å². The van der Waals surface area contributed by atoms with Crippen molar-refractivity contribution in [2.45, 2.75) is 31.5 Å². The van der Waals surface area contributed by atoms with Crippen molar-refractivity contribution >= 4 is 11.3 Å². The molecule has 1 N–H and O–H groups in total. The van der Waals surface area contributed by atoms with Crippen molar-refractivity contribution in [2.75, 3.05) is 7.11 Å². The van der Waals surface area contributed by atoms with Crippen LogP contribution < -0.4 is 0 Å². The first-order valence-electron chi connectivity index (χ1n) is 4.45. The van der Waals surface area contributed by atoms with Gasteiger partial charge in [0.25, 0.3) is 0 Å². The van der Waals surface area contributed by atoms with Gasteiger partial charge in [0.05, 0.1) is 6.10 Å². The highest BCUT2D eigenvalue weighted by atomic mass is 32.1. The Hall–Kier alpha value is -0.380. The van der Waals surface area contributed by atoms with Crippen molar-refractivity contribution in [1.82, 2.24) is 0 Å². The average Bonchev–Trinajstić information content (AvgIpc) is 2.46. The first-order chi connectivity index (χ1) is 6.15. The fourth-order valence-corrected chi connectivity index (χ4v) is 2.94. The standard InChI is InChI=1S/C10H14O2S/c1-7-3-4-13-9(7)10(11)5-8(6-10)12-2/h3-4,8,11H,5-6H2,1-2H3. The fraction of sp³-hybridized carbons (Fsp3) is 0.600. The van der Waals surface area contributed by atoms with E-state index in [0.29, 0.717) is 0 Å². The number of aliphatic hydroxyl groups is 1. The molecule has 0 atom stereocenters. The number of ether oxygens (including phenoxy) is 1. The molecular weight excluding hydrogens is 184 g/mol. The van der Waals surface area contributed by atoms with E-state index < -0.39 is 5.60 Å². The average molecular weight is 198 g/mol. The highest BCUT2D eigenvalue weighted by molar-refractivity contribution is 7.10. The zero-order valence-electron chi connectivity index (χ0n) is 7.91. The molecule has 1 heterocycles. The molecule has 1 aliphatic rings. The molecular formula is C10H14O2S. The zero-order chi connectivity index (χ0) is 9.47. The fourth-order valence-electron chi connectivity index (χ4n) is 1.90. The maximum Gasteiger partial charge on any atom is 0.104 e. The van der Waals surface area contributed by atoms with Crippen LogP contribution >= 0.6 is 11.3 Å². The van der Waals surface area contributed by atoms with Gasteiger partial charge in [0.1, 0.15) is 5.60 Å². The smallest absolute Gasteiger partial charge is 0.104 e. The number of aryl methyl sites for hydroxylation is 1. The second-order valence-corrected chi connectivity index (χ2v) is 4.65. The van der Waals surface area contributed by atoms with Gasteiger partial charge in [0.15, 0.2) is 0 Å². The lowest BCUT2D eigenvalue weighted by Gasteiger charge is -2.42. The minimum Gasteiger partial charge on any atom is -0.384 e. The molecule has 2 rings (SSSR count). The quantitative estimate of drug-likeness (QED) is 0.788. The summed E-state index contributed by atoms with van der Waals surface area (Å²) in [4.78, 5) is 1.11. The van der Waals surface area contributed by atoms with Crippen LogP contribution in [0.1, 0.15) is 23.3 Å². The van der Waals surface area contributed by atoms with Crippen molar-refractivity contribution in [3.63, 3.8) is 0 Å². The van der Waals surface area contributed by atoms with E-state index >= 15 is 0 Å². The lowest BCUT2D eigenvalue weighted by molar-refractivity contribution is -0.131. The second kappa shape index (κ2) is 3.08. The third-order valence-corrected chi connectivity index (χ3v) is 3.96. The van der Waals surface area contributed by atoms with Crippen molar-refractivity contribution in [3.8, 4) is 0 Å². The monoisotopic (exact) mass is 198 g/mol. The Balaban J connectivity index is 2.15. The van der Waals surface area contributed by atoms with Crippen molar-refractivity contribution in [3.05, 3.63) is 21.9 Å². The Labute approximate surface area is 82.2 Å². The van der Waals surface area contributed by atoms with Crippen LogP contribution in [0.3, 0.4) is 0 Å². The predicted molar refractivity (Wildman–Crippen MR) is 53.0 cm³/mol. The molecule has 1 saturated carbocycles. The van der Waals surface area contributed by atoms with Crippen molar-refractivity contribution in [1.29, 1.82) is 0 Å². The zero-order valence-corrected chi connectivity index (χ0v) is 8.73. The third-order valence-electron chi connectivity index (χ3n) is 2.75. The van der Waals surface area contributed by atoms with E-state index in [9.17, 15) is 5.11 Å². The summed E-state index contributed by atoms with van der Waals surface area (Å²) in [7, 11) is 1.70. The highest BCUT2D eigenvalue weighted by Crippen LogP contribution is 2.45. The minimum atomic E-state index is -0.598.